The lowest BCUT2D eigenvalue weighted by Crippen LogP contribution is -2.36. The van der Waals surface area contributed by atoms with Crippen LogP contribution in [-0.4, -0.2) is 76.2 Å². The number of carbonyl (C=O) groups is 2. The number of H-pyrrole nitrogens is 2. The third kappa shape index (κ3) is 7.05. The number of pyridine rings is 2. The van der Waals surface area contributed by atoms with E-state index < -0.39 is 11.2 Å². The summed E-state index contributed by atoms with van der Waals surface area (Å²) in [5, 5.41) is 0.993. The SMILES string of the molecule is CC(C)(C)OC(=O)N1CCCC1c1ncc(-c2cnc3cc(-c4ccc(-c5cnc([C@@H]6CCCN6C(=O)OC(C)(C)C)[nH]5)cn4)ccc3c2)[nH]1. The maximum Gasteiger partial charge on any atom is 0.410 e. The van der Waals surface area contributed by atoms with E-state index in [4.69, 9.17) is 19.4 Å². The third-order valence-corrected chi connectivity index (χ3v) is 8.95. The highest BCUT2D eigenvalue weighted by Gasteiger charge is 2.36. The molecule has 2 amide bonds. The van der Waals surface area contributed by atoms with Crippen LogP contribution < -0.4 is 0 Å². The van der Waals surface area contributed by atoms with Crippen molar-refractivity contribution in [3.63, 3.8) is 0 Å². The van der Waals surface area contributed by atoms with Crippen molar-refractivity contribution in [1.29, 1.82) is 0 Å². The Balaban J connectivity index is 1.04. The summed E-state index contributed by atoms with van der Waals surface area (Å²) in [6.07, 6.45) is 10.1. The number of aromatic amines is 2. The number of amides is 2. The second kappa shape index (κ2) is 12.9. The van der Waals surface area contributed by atoms with Crippen LogP contribution in [0.2, 0.25) is 0 Å². The van der Waals surface area contributed by atoms with Gasteiger partial charge in [-0.1, -0.05) is 12.1 Å². The molecule has 260 valence electrons. The molecule has 0 aliphatic carbocycles. The molecule has 2 fully saturated rings. The zero-order chi connectivity index (χ0) is 35.2. The number of nitrogens with zero attached hydrogens (tertiary/aromatic N) is 6. The van der Waals surface area contributed by atoms with Crippen LogP contribution in [0.15, 0.2) is 61.2 Å². The minimum atomic E-state index is -0.552. The second-order valence-corrected chi connectivity index (χ2v) is 15.1. The molecule has 2 saturated heterocycles. The minimum absolute atomic E-state index is 0.145. The van der Waals surface area contributed by atoms with Crippen molar-refractivity contribution in [2.45, 2.75) is 90.5 Å². The van der Waals surface area contributed by atoms with Gasteiger partial charge in [-0.3, -0.25) is 19.8 Å². The molecular weight excluding hydrogens is 632 g/mol. The fraction of sp³-hybridized carbons (Fsp3) is 0.421. The number of hydrogen-bond acceptors (Lipinski definition) is 8. The lowest BCUT2D eigenvalue weighted by atomic mass is 10.1. The first-order valence-corrected chi connectivity index (χ1v) is 17.3. The molecule has 12 nitrogen and oxygen atoms in total. The standard InChI is InChI=1S/C38H44N8O4/c1-37(2,3)49-35(47)45-15-7-9-31(45)33-41-21-29(43-33)25-13-14-27(39-19-25)24-12-11-23-17-26(20-40-28(23)18-24)30-22-42-34(44-30)32-10-8-16-46(32)36(48)50-38(4,5)6/h11-14,17-22,31-32H,7-10,15-16H2,1-6H3,(H,41,43)(H,42,44)/t31-,32?/m0/s1. The molecule has 2 aliphatic heterocycles. The zero-order valence-electron chi connectivity index (χ0n) is 29.5. The fourth-order valence-corrected chi connectivity index (χ4v) is 6.64. The van der Waals surface area contributed by atoms with Crippen LogP contribution in [0.5, 0.6) is 0 Å². The number of imidazole rings is 2. The monoisotopic (exact) mass is 676 g/mol. The van der Waals surface area contributed by atoms with E-state index in [1.807, 2.05) is 78.2 Å². The Morgan fingerprint density at radius 1 is 0.660 bits per heavy atom. The molecule has 2 N–H and O–H groups in total. The summed E-state index contributed by atoms with van der Waals surface area (Å²) < 4.78 is 11.3. The van der Waals surface area contributed by atoms with Crippen molar-refractivity contribution in [2.75, 3.05) is 13.1 Å². The van der Waals surface area contributed by atoms with Gasteiger partial charge in [0.05, 0.1) is 47.1 Å². The first-order chi connectivity index (χ1) is 23.8. The summed E-state index contributed by atoms with van der Waals surface area (Å²) in [5.41, 5.74) is 5.05. The van der Waals surface area contributed by atoms with Gasteiger partial charge in [0, 0.05) is 47.6 Å². The molecule has 0 spiro atoms. The van der Waals surface area contributed by atoms with Gasteiger partial charge in [0.2, 0.25) is 0 Å². The Labute approximate surface area is 291 Å². The maximum absolute atomic E-state index is 12.8. The first-order valence-electron chi connectivity index (χ1n) is 17.3. The van der Waals surface area contributed by atoms with Gasteiger partial charge in [-0.05, 0) is 91.5 Å². The van der Waals surface area contributed by atoms with Gasteiger partial charge < -0.3 is 19.4 Å². The van der Waals surface area contributed by atoms with E-state index in [0.717, 1.165) is 82.0 Å². The molecule has 0 radical (unpaired) electrons. The molecule has 0 bridgehead atoms. The number of hydrogen-bond donors (Lipinski definition) is 2. The van der Waals surface area contributed by atoms with Crippen molar-refractivity contribution in [3.8, 4) is 33.8 Å². The topological polar surface area (TPSA) is 142 Å². The van der Waals surface area contributed by atoms with Crippen molar-refractivity contribution >= 4 is 23.1 Å². The number of nitrogens with one attached hydrogen (secondary N) is 2. The van der Waals surface area contributed by atoms with Crippen molar-refractivity contribution < 1.29 is 19.1 Å². The van der Waals surface area contributed by atoms with E-state index in [2.05, 4.69) is 32.1 Å². The van der Waals surface area contributed by atoms with Crippen LogP contribution in [0.25, 0.3) is 44.7 Å². The van der Waals surface area contributed by atoms with Crippen LogP contribution in [0.1, 0.15) is 91.0 Å². The molecule has 6 heterocycles. The van der Waals surface area contributed by atoms with Crippen molar-refractivity contribution in [1.82, 2.24) is 39.7 Å². The predicted molar refractivity (Wildman–Crippen MR) is 190 cm³/mol. The molecule has 0 saturated carbocycles. The van der Waals surface area contributed by atoms with E-state index >= 15 is 0 Å². The minimum Gasteiger partial charge on any atom is -0.444 e. The zero-order valence-corrected chi connectivity index (χ0v) is 29.5. The number of aromatic nitrogens is 6. The fourth-order valence-electron chi connectivity index (χ4n) is 6.64. The second-order valence-electron chi connectivity index (χ2n) is 15.1. The molecule has 12 heteroatoms. The predicted octanol–water partition coefficient (Wildman–Crippen LogP) is 8.22. The average molecular weight is 677 g/mol. The molecule has 4 aromatic heterocycles. The van der Waals surface area contributed by atoms with Crippen LogP contribution >= 0.6 is 0 Å². The number of carbonyl (C=O) groups excluding carboxylic acids is 2. The van der Waals surface area contributed by atoms with E-state index in [1.54, 1.807) is 22.2 Å². The number of rotatable bonds is 5. The Kier molecular flexibility index (Phi) is 8.57. The van der Waals surface area contributed by atoms with Gasteiger partial charge in [-0.2, -0.15) is 0 Å². The van der Waals surface area contributed by atoms with E-state index in [0.29, 0.717) is 13.1 Å². The number of ether oxygens (including phenoxy) is 2. The van der Waals surface area contributed by atoms with Gasteiger partial charge in [-0.15, -0.1) is 0 Å². The molecule has 50 heavy (non-hydrogen) atoms. The van der Waals surface area contributed by atoms with Crippen LogP contribution in [-0.2, 0) is 9.47 Å². The Morgan fingerprint density at radius 3 is 1.74 bits per heavy atom. The number of benzene rings is 1. The van der Waals surface area contributed by atoms with Gasteiger partial charge in [-0.25, -0.2) is 19.6 Å². The Bertz CT molecular complexity index is 2020. The molecule has 2 aliphatic rings. The van der Waals surface area contributed by atoms with Gasteiger partial charge in [0.25, 0.3) is 0 Å². The van der Waals surface area contributed by atoms with Crippen LogP contribution in [0.3, 0.4) is 0 Å². The summed E-state index contributed by atoms with van der Waals surface area (Å²) >= 11 is 0. The van der Waals surface area contributed by atoms with Crippen molar-refractivity contribution in [2.24, 2.45) is 0 Å². The van der Waals surface area contributed by atoms with E-state index in [1.165, 1.54) is 0 Å². The summed E-state index contributed by atoms with van der Waals surface area (Å²) in [4.78, 5) is 54.8. The highest BCUT2D eigenvalue weighted by molar-refractivity contribution is 5.86. The molecule has 7 rings (SSSR count). The summed E-state index contributed by atoms with van der Waals surface area (Å²) in [5.74, 6) is 1.50. The Morgan fingerprint density at radius 2 is 1.20 bits per heavy atom. The molecular formula is C38H44N8O4. The van der Waals surface area contributed by atoms with Gasteiger partial charge in [0.15, 0.2) is 0 Å². The normalized spacial score (nSPS) is 18.2. The van der Waals surface area contributed by atoms with E-state index in [9.17, 15) is 9.59 Å². The summed E-state index contributed by atoms with van der Waals surface area (Å²) in [6.45, 7) is 12.6. The highest BCUT2D eigenvalue weighted by Crippen LogP contribution is 2.35. The molecule has 2 atom stereocenters. The maximum atomic E-state index is 12.8. The average Bonchev–Trinajstić information content (AvgIpc) is 3.88. The van der Waals surface area contributed by atoms with Gasteiger partial charge in [0.1, 0.15) is 22.9 Å². The molecule has 1 unspecified atom stereocenters. The smallest absolute Gasteiger partial charge is 0.410 e. The Hall–Kier alpha value is -5.26. The molecule has 5 aromatic rings. The lowest BCUT2D eigenvalue weighted by Gasteiger charge is -2.27. The first kappa shape index (κ1) is 33.2. The highest BCUT2D eigenvalue weighted by atomic mass is 16.6. The third-order valence-electron chi connectivity index (χ3n) is 8.95. The van der Waals surface area contributed by atoms with Crippen LogP contribution in [0.4, 0.5) is 9.59 Å². The van der Waals surface area contributed by atoms with Crippen molar-refractivity contribution in [3.05, 3.63) is 72.8 Å². The van der Waals surface area contributed by atoms with E-state index in [-0.39, 0.29) is 24.3 Å². The number of fused-ring (bicyclic) bond motifs is 1. The van der Waals surface area contributed by atoms with Crippen LogP contribution in [0, 0.1) is 0 Å². The quantitative estimate of drug-likeness (QED) is 0.190. The molecule has 1 aromatic carbocycles. The summed E-state index contributed by atoms with van der Waals surface area (Å²) in [7, 11) is 0. The lowest BCUT2D eigenvalue weighted by molar-refractivity contribution is 0.0208. The number of likely N-dealkylation sites (tertiary alicyclic amines) is 2. The summed E-state index contributed by atoms with van der Waals surface area (Å²) in [6, 6.07) is 11.9. The largest absolute Gasteiger partial charge is 0.444 e. The van der Waals surface area contributed by atoms with Gasteiger partial charge >= 0.3 is 12.2 Å².